The maximum Gasteiger partial charge on any atom is 0.573 e. The van der Waals surface area contributed by atoms with Crippen molar-refractivity contribution >= 4 is 28.3 Å². The Balaban J connectivity index is 1.63. The number of phenols is 1. The molecule has 2 N–H and O–H groups in total. The van der Waals surface area contributed by atoms with Crippen molar-refractivity contribution in [3.8, 4) is 17.2 Å². The lowest BCUT2D eigenvalue weighted by Crippen LogP contribution is -2.31. The number of anilines is 1. The van der Waals surface area contributed by atoms with E-state index in [1.54, 1.807) is 18.2 Å². The first-order chi connectivity index (χ1) is 18.1. The van der Waals surface area contributed by atoms with E-state index >= 15 is 0 Å². The zero-order valence-corrected chi connectivity index (χ0v) is 19.5. The van der Waals surface area contributed by atoms with Crippen molar-refractivity contribution in [3.63, 3.8) is 0 Å². The lowest BCUT2D eigenvalue weighted by atomic mass is 9.94. The molecule has 8 nitrogen and oxygen atoms in total. The normalized spacial score (nSPS) is 15.8. The van der Waals surface area contributed by atoms with Crippen LogP contribution >= 0.6 is 0 Å². The average molecular weight is 525 g/mol. The summed E-state index contributed by atoms with van der Waals surface area (Å²) in [5, 5.41) is 21.2. The Bertz CT molecular complexity index is 1590. The van der Waals surface area contributed by atoms with Crippen LogP contribution in [-0.2, 0) is 4.79 Å². The van der Waals surface area contributed by atoms with Crippen LogP contribution in [0.1, 0.15) is 22.2 Å². The van der Waals surface area contributed by atoms with Gasteiger partial charge >= 0.3 is 6.36 Å². The number of phenolic OH excluding ortho intramolecular Hbond substituents is 1. The van der Waals surface area contributed by atoms with Crippen molar-refractivity contribution in [2.45, 2.75) is 12.4 Å². The van der Waals surface area contributed by atoms with Crippen LogP contribution in [0.4, 0.5) is 18.9 Å². The zero-order chi connectivity index (χ0) is 27.2. The van der Waals surface area contributed by atoms with E-state index in [9.17, 15) is 33.0 Å². The molecule has 0 saturated carbocycles. The maximum absolute atomic E-state index is 13.7. The zero-order valence-electron chi connectivity index (χ0n) is 19.5. The number of fused-ring (bicyclic) bond motifs is 1. The third-order valence-electron chi connectivity index (χ3n) is 5.94. The smallest absolute Gasteiger partial charge is 0.508 e. The number of carbonyl (C=O) groups is 2. The maximum atomic E-state index is 13.7. The van der Waals surface area contributed by atoms with Gasteiger partial charge in [-0.2, -0.15) is 0 Å². The molecule has 1 unspecified atom stereocenters. The lowest BCUT2D eigenvalue weighted by Gasteiger charge is -2.27. The number of hydrogen-bond acceptors (Lipinski definition) is 7. The number of benzene rings is 3. The first-order valence-electron chi connectivity index (χ1n) is 11.1. The van der Waals surface area contributed by atoms with Crippen molar-refractivity contribution in [3.05, 3.63) is 95.5 Å². The molecule has 4 aromatic rings. The Morgan fingerprint density at radius 3 is 2.39 bits per heavy atom. The molecule has 5 rings (SSSR count). The number of ether oxygens (including phenoxy) is 2. The van der Waals surface area contributed by atoms with Crippen LogP contribution in [0.15, 0.2) is 88.5 Å². The molecule has 0 saturated heterocycles. The number of ketones is 1. The Morgan fingerprint density at radius 2 is 1.71 bits per heavy atom. The summed E-state index contributed by atoms with van der Waals surface area (Å²) in [5.41, 5.74) is 0.133. The van der Waals surface area contributed by atoms with Crippen LogP contribution in [-0.4, -0.2) is 35.4 Å². The molecule has 2 heterocycles. The molecule has 0 bridgehead atoms. The second kappa shape index (κ2) is 9.18. The third-order valence-corrected chi connectivity index (χ3v) is 5.94. The van der Waals surface area contributed by atoms with Crippen LogP contribution in [0, 0.1) is 0 Å². The third kappa shape index (κ3) is 4.38. The fourth-order valence-electron chi connectivity index (χ4n) is 4.35. The molecule has 0 spiro atoms. The highest BCUT2D eigenvalue weighted by atomic mass is 19.4. The summed E-state index contributed by atoms with van der Waals surface area (Å²) in [7, 11) is 1.43. The summed E-state index contributed by atoms with van der Waals surface area (Å²) in [6.07, 6.45) is -4.98. The second-order valence-corrected chi connectivity index (χ2v) is 8.30. The van der Waals surface area contributed by atoms with Crippen LogP contribution in [0.5, 0.6) is 17.2 Å². The topological polar surface area (TPSA) is 109 Å². The highest BCUT2D eigenvalue weighted by molar-refractivity contribution is 6.20. The molecule has 38 heavy (non-hydrogen) atoms. The van der Waals surface area contributed by atoms with E-state index in [1.165, 1.54) is 49.6 Å². The van der Waals surface area contributed by atoms with Gasteiger partial charge in [0.05, 0.1) is 18.7 Å². The summed E-state index contributed by atoms with van der Waals surface area (Å²) < 4.78 is 53.5. The summed E-state index contributed by atoms with van der Waals surface area (Å²) >= 11 is 0. The predicted octanol–water partition coefficient (Wildman–Crippen LogP) is 5.83. The number of Topliss-reactive ketones (excluding diaryl/α,β-unsaturated/α-hetero) is 1. The lowest BCUT2D eigenvalue weighted by molar-refractivity contribution is -0.274. The number of furan rings is 1. The number of aliphatic hydroxyl groups is 1. The van der Waals surface area contributed by atoms with Crippen molar-refractivity contribution in [1.82, 2.24) is 0 Å². The van der Waals surface area contributed by atoms with Crippen LogP contribution in [0.25, 0.3) is 11.0 Å². The molecule has 0 radical (unpaired) electrons. The van der Waals surface area contributed by atoms with Crippen LogP contribution in [0.2, 0.25) is 0 Å². The quantitative estimate of drug-likeness (QED) is 0.305. The fourth-order valence-corrected chi connectivity index (χ4v) is 4.35. The number of amides is 1. The van der Waals surface area contributed by atoms with Gasteiger partial charge in [-0.1, -0.05) is 30.3 Å². The molecule has 1 aliphatic heterocycles. The minimum absolute atomic E-state index is 0.0737. The van der Waals surface area contributed by atoms with Crippen molar-refractivity contribution in [2.75, 3.05) is 12.0 Å². The van der Waals surface area contributed by atoms with E-state index in [1.807, 2.05) is 0 Å². The van der Waals surface area contributed by atoms with Gasteiger partial charge in [0, 0.05) is 17.1 Å². The highest BCUT2D eigenvalue weighted by Gasteiger charge is 2.45. The molecule has 0 fully saturated rings. The number of para-hydroxylation sites is 1. The second-order valence-electron chi connectivity index (χ2n) is 8.30. The first-order valence-corrected chi connectivity index (χ1v) is 11.1. The van der Waals surface area contributed by atoms with Gasteiger partial charge in [-0.05, 0) is 42.0 Å². The van der Waals surface area contributed by atoms with Gasteiger partial charge in [-0.25, -0.2) is 0 Å². The monoisotopic (exact) mass is 525 g/mol. The summed E-state index contributed by atoms with van der Waals surface area (Å²) in [4.78, 5) is 27.9. The molecule has 1 amide bonds. The minimum Gasteiger partial charge on any atom is -0.508 e. The number of nitrogens with zero attached hydrogens (tertiary/aromatic N) is 1. The number of carbonyl (C=O) groups excluding carboxylic acids is 2. The molecular weight excluding hydrogens is 507 g/mol. The number of hydrogen-bond donors (Lipinski definition) is 2. The summed E-state index contributed by atoms with van der Waals surface area (Å²) in [5.74, 6) is -3.28. The molecular formula is C27H18F3NO7. The van der Waals surface area contributed by atoms with Crippen molar-refractivity contribution < 1.29 is 46.9 Å². The van der Waals surface area contributed by atoms with E-state index in [4.69, 9.17) is 9.15 Å². The number of aliphatic hydroxyl groups excluding tert-OH is 1. The fraction of sp³-hybridized carbons (Fsp3) is 0.111. The molecule has 194 valence electrons. The minimum atomic E-state index is -4.98. The van der Waals surface area contributed by atoms with Gasteiger partial charge < -0.3 is 24.1 Å². The van der Waals surface area contributed by atoms with Gasteiger partial charge in [0.1, 0.15) is 11.5 Å². The number of alkyl halides is 3. The standard InChI is InChI=1S/C27H18F3NO7/c1-36-19-7-2-4-15-12-20(37-25(15)19)23(33)21-22(14-8-10-17(32)11-9-14)31(26(35)24(21)34)16-5-3-6-18(13-16)38-27(28,29)30/h2-13,22,32,34H,1H3. The van der Waals surface area contributed by atoms with Gasteiger partial charge in [0.25, 0.3) is 5.91 Å². The van der Waals surface area contributed by atoms with Gasteiger partial charge in [0.2, 0.25) is 5.78 Å². The number of methoxy groups -OCH3 is 1. The van der Waals surface area contributed by atoms with Crippen molar-refractivity contribution in [2.24, 2.45) is 0 Å². The Morgan fingerprint density at radius 1 is 1.00 bits per heavy atom. The highest BCUT2D eigenvalue weighted by Crippen LogP contribution is 2.44. The van der Waals surface area contributed by atoms with E-state index in [0.717, 1.165) is 17.0 Å². The van der Waals surface area contributed by atoms with Gasteiger partial charge in [-0.15, -0.1) is 13.2 Å². The number of rotatable bonds is 6. The van der Waals surface area contributed by atoms with E-state index in [-0.39, 0.29) is 28.4 Å². The van der Waals surface area contributed by atoms with Crippen LogP contribution < -0.4 is 14.4 Å². The van der Waals surface area contributed by atoms with Gasteiger partial charge in [0.15, 0.2) is 22.9 Å². The van der Waals surface area contributed by atoms with Crippen LogP contribution in [0.3, 0.4) is 0 Å². The first kappa shape index (κ1) is 24.8. The Labute approximate surface area is 212 Å². The van der Waals surface area contributed by atoms with Crippen molar-refractivity contribution in [1.29, 1.82) is 0 Å². The average Bonchev–Trinajstić information content (AvgIpc) is 3.42. The molecule has 1 aliphatic rings. The molecule has 11 heteroatoms. The summed E-state index contributed by atoms with van der Waals surface area (Å²) in [6, 6.07) is 15.2. The van der Waals surface area contributed by atoms with Gasteiger partial charge in [-0.3, -0.25) is 14.5 Å². The molecule has 3 aromatic carbocycles. The largest absolute Gasteiger partial charge is 0.573 e. The molecule has 1 aromatic heterocycles. The summed E-state index contributed by atoms with van der Waals surface area (Å²) in [6.45, 7) is 0. The Kier molecular flexibility index (Phi) is 5.98. The predicted molar refractivity (Wildman–Crippen MR) is 128 cm³/mol. The van der Waals surface area contributed by atoms with E-state index < -0.39 is 35.6 Å². The number of aromatic hydroxyl groups is 1. The number of halogens is 3. The molecule has 1 atom stereocenters. The SMILES string of the molecule is COc1cccc2cc(C(=O)C3=C(O)C(=O)N(c4cccc(OC(F)(F)F)c4)C3c3ccc(O)cc3)oc12. The Hall–Kier alpha value is -4.93. The molecule has 0 aliphatic carbocycles. The van der Waals surface area contributed by atoms with E-state index in [0.29, 0.717) is 16.7 Å². The van der Waals surface area contributed by atoms with E-state index in [2.05, 4.69) is 4.74 Å².